The van der Waals surface area contributed by atoms with Gasteiger partial charge in [-0.2, -0.15) is 8.78 Å². The molecule has 0 saturated carbocycles. The first-order chi connectivity index (χ1) is 5.61. The monoisotopic (exact) mass is 173 g/mol. The summed E-state index contributed by atoms with van der Waals surface area (Å²) in [6, 6.07) is 4.76. The van der Waals surface area contributed by atoms with Crippen molar-refractivity contribution in [2.75, 3.05) is 5.73 Å². The lowest BCUT2D eigenvalue weighted by Gasteiger charge is -2.08. The van der Waals surface area contributed by atoms with E-state index in [2.05, 4.69) is 4.74 Å². The Balaban J connectivity index is 2.92. The Hall–Kier alpha value is -1.32. The molecule has 0 atom stereocenters. The number of nitrogens with two attached hydrogens (primary N) is 1. The van der Waals surface area contributed by atoms with Crippen molar-refractivity contribution in [3.8, 4) is 5.75 Å². The van der Waals surface area contributed by atoms with E-state index in [0.717, 1.165) is 5.56 Å². The number of halogens is 2. The van der Waals surface area contributed by atoms with E-state index >= 15 is 0 Å². The van der Waals surface area contributed by atoms with Gasteiger partial charge < -0.3 is 10.5 Å². The first-order valence-corrected chi connectivity index (χ1v) is 3.41. The number of benzene rings is 1. The van der Waals surface area contributed by atoms with E-state index in [0.29, 0.717) is 0 Å². The van der Waals surface area contributed by atoms with Gasteiger partial charge in [-0.1, -0.05) is 12.1 Å². The molecule has 0 unspecified atom stereocenters. The number of hydrogen-bond donors (Lipinski definition) is 1. The molecule has 0 radical (unpaired) electrons. The molecule has 4 heteroatoms. The first-order valence-electron chi connectivity index (χ1n) is 3.41. The van der Waals surface area contributed by atoms with Crippen molar-refractivity contribution in [3.05, 3.63) is 23.8 Å². The second kappa shape index (κ2) is 3.38. The highest BCUT2D eigenvalue weighted by Gasteiger charge is 2.07. The summed E-state index contributed by atoms with van der Waals surface area (Å²) < 4.78 is 27.7. The van der Waals surface area contributed by atoms with Crippen LogP contribution in [0.25, 0.3) is 0 Å². The lowest BCUT2D eigenvalue weighted by atomic mass is 10.2. The molecular formula is C8H9F2NO. The summed E-state index contributed by atoms with van der Waals surface area (Å²) in [5.74, 6) is 0.0324. The molecule has 0 aromatic heterocycles. The molecule has 0 spiro atoms. The lowest BCUT2D eigenvalue weighted by Crippen LogP contribution is -2.04. The van der Waals surface area contributed by atoms with Crippen LogP contribution in [0.5, 0.6) is 5.75 Å². The Bertz CT molecular complexity index is 276. The maximum atomic E-state index is 11.8. The predicted molar refractivity (Wildman–Crippen MR) is 42.2 cm³/mol. The number of hydrogen-bond acceptors (Lipinski definition) is 2. The van der Waals surface area contributed by atoms with Crippen LogP contribution in [0.3, 0.4) is 0 Å². The van der Waals surface area contributed by atoms with E-state index in [1.54, 1.807) is 19.1 Å². The van der Waals surface area contributed by atoms with E-state index in [4.69, 9.17) is 5.73 Å². The summed E-state index contributed by atoms with van der Waals surface area (Å²) in [6.45, 7) is -1.10. The average molecular weight is 173 g/mol. The minimum absolute atomic E-state index is 0.0324. The molecule has 66 valence electrons. The number of nitrogen functional groups attached to an aromatic ring is 1. The Morgan fingerprint density at radius 3 is 2.67 bits per heavy atom. The molecule has 0 fully saturated rings. The Labute approximate surface area is 68.9 Å². The van der Waals surface area contributed by atoms with Gasteiger partial charge in [0.05, 0.1) is 5.69 Å². The number of ether oxygens (including phenoxy) is 1. The van der Waals surface area contributed by atoms with Crippen molar-refractivity contribution in [1.29, 1.82) is 0 Å². The number of anilines is 1. The van der Waals surface area contributed by atoms with Crippen molar-refractivity contribution in [2.24, 2.45) is 0 Å². The van der Waals surface area contributed by atoms with Crippen molar-refractivity contribution in [1.82, 2.24) is 0 Å². The third kappa shape index (κ3) is 1.84. The molecule has 2 nitrogen and oxygen atoms in total. The largest absolute Gasteiger partial charge is 0.433 e. The molecule has 1 rings (SSSR count). The van der Waals surface area contributed by atoms with Gasteiger partial charge in [-0.05, 0) is 18.6 Å². The normalized spacial score (nSPS) is 10.3. The summed E-state index contributed by atoms with van der Waals surface area (Å²) >= 11 is 0. The standard InChI is InChI=1S/C8H9F2NO/c1-5-3-2-4-6(7(5)11)12-8(9)10/h2-4,8H,11H2,1H3. The maximum Gasteiger partial charge on any atom is 0.387 e. The Morgan fingerprint density at radius 1 is 1.42 bits per heavy atom. The molecule has 12 heavy (non-hydrogen) atoms. The van der Waals surface area contributed by atoms with Gasteiger partial charge in [0.25, 0.3) is 0 Å². The maximum absolute atomic E-state index is 11.8. The number of para-hydroxylation sites is 1. The fourth-order valence-electron chi connectivity index (χ4n) is 0.852. The van der Waals surface area contributed by atoms with Crippen LogP contribution in [-0.4, -0.2) is 6.61 Å². The molecule has 0 saturated heterocycles. The minimum atomic E-state index is -2.82. The summed E-state index contributed by atoms with van der Waals surface area (Å²) in [7, 11) is 0. The van der Waals surface area contributed by atoms with Crippen LogP contribution >= 0.6 is 0 Å². The van der Waals surface area contributed by atoms with Gasteiger partial charge in [0.15, 0.2) is 0 Å². The van der Waals surface area contributed by atoms with Crippen molar-refractivity contribution < 1.29 is 13.5 Å². The zero-order chi connectivity index (χ0) is 9.14. The van der Waals surface area contributed by atoms with Gasteiger partial charge in [0.1, 0.15) is 5.75 Å². The van der Waals surface area contributed by atoms with Gasteiger partial charge in [0.2, 0.25) is 0 Å². The predicted octanol–water partition coefficient (Wildman–Crippen LogP) is 2.18. The van der Waals surface area contributed by atoms with E-state index < -0.39 is 6.61 Å². The quantitative estimate of drug-likeness (QED) is 0.695. The molecule has 0 heterocycles. The van der Waals surface area contributed by atoms with Crippen LogP contribution in [0.15, 0.2) is 18.2 Å². The number of rotatable bonds is 2. The van der Waals surface area contributed by atoms with Crippen LogP contribution in [0, 0.1) is 6.92 Å². The van der Waals surface area contributed by atoms with Crippen molar-refractivity contribution in [3.63, 3.8) is 0 Å². The highest BCUT2D eigenvalue weighted by atomic mass is 19.3. The fraction of sp³-hybridized carbons (Fsp3) is 0.250. The topological polar surface area (TPSA) is 35.2 Å². The van der Waals surface area contributed by atoms with Crippen molar-refractivity contribution in [2.45, 2.75) is 13.5 Å². The van der Waals surface area contributed by atoms with Crippen molar-refractivity contribution >= 4 is 5.69 Å². The molecule has 2 N–H and O–H groups in total. The van der Waals surface area contributed by atoms with E-state index in [-0.39, 0.29) is 11.4 Å². The molecule has 0 amide bonds. The molecule has 0 bridgehead atoms. The van der Waals surface area contributed by atoms with Gasteiger partial charge in [-0.15, -0.1) is 0 Å². The fourth-order valence-corrected chi connectivity index (χ4v) is 0.852. The SMILES string of the molecule is Cc1cccc(OC(F)F)c1N. The average Bonchev–Trinajstić information content (AvgIpc) is 1.98. The lowest BCUT2D eigenvalue weighted by molar-refractivity contribution is -0.0493. The smallest absolute Gasteiger partial charge is 0.387 e. The van der Waals surface area contributed by atoms with E-state index in [9.17, 15) is 8.78 Å². The molecule has 1 aromatic rings. The highest BCUT2D eigenvalue weighted by molar-refractivity contribution is 5.57. The third-order valence-electron chi connectivity index (χ3n) is 1.50. The zero-order valence-electron chi connectivity index (χ0n) is 6.55. The summed E-state index contributed by atoms with van der Waals surface area (Å²) in [5, 5.41) is 0. The van der Waals surface area contributed by atoms with E-state index in [1.807, 2.05) is 0 Å². The Kier molecular flexibility index (Phi) is 2.47. The third-order valence-corrected chi connectivity index (χ3v) is 1.50. The van der Waals surface area contributed by atoms with Crippen LogP contribution in [0.4, 0.5) is 14.5 Å². The molecule has 0 aliphatic rings. The van der Waals surface area contributed by atoms with Gasteiger partial charge in [-0.3, -0.25) is 0 Å². The second-order valence-corrected chi connectivity index (χ2v) is 2.37. The Morgan fingerprint density at radius 2 is 2.08 bits per heavy atom. The molecule has 0 aliphatic carbocycles. The number of aryl methyl sites for hydroxylation is 1. The summed E-state index contributed by atoms with van der Waals surface area (Å²) in [5.41, 5.74) is 6.46. The van der Waals surface area contributed by atoms with Crippen LogP contribution in [0.2, 0.25) is 0 Å². The number of alkyl halides is 2. The van der Waals surface area contributed by atoms with Crippen LogP contribution in [-0.2, 0) is 0 Å². The highest BCUT2D eigenvalue weighted by Crippen LogP contribution is 2.25. The van der Waals surface area contributed by atoms with Gasteiger partial charge >= 0.3 is 6.61 Å². The van der Waals surface area contributed by atoms with Gasteiger partial charge in [-0.25, -0.2) is 0 Å². The van der Waals surface area contributed by atoms with Crippen LogP contribution in [0.1, 0.15) is 5.56 Å². The first kappa shape index (κ1) is 8.77. The molecule has 1 aromatic carbocycles. The van der Waals surface area contributed by atoms with E-state index in [1.165, 1.54) is 6.07 Å². The summed E-state index contributed by atoms with van der Waals surface area (Å²) in [4.78, 5) is 0. The second-order valence-electron chi connectivity index (χ2n) is 2.37. The minimum Gasteiger partial charge on any atom is -0.433 e. The zero-order valence-corrected chi connectivity index (χ0v) is 6.55. The summed E-state index contributed by atoms with van der Waals surface area (Å²) in [6.07, 6.45) is 0. The molecular weight excluding hydrogens is 164 g/mol. The molecule has 0 aliphatic heterocycles. The van der Waals surface area contributed by atoms with Gasteiger partial charge in [0, 0.05) is 0 Å². The van der Waals surface area contributed by atoms with Crippen LogP contribution < -0.4 is 10.5 Å².